The van der Waals surface area contributed by atoms with Crippen molar-refractivity contribution in [2.45, 2.75) is 26.7 Å². The summed E-state index contributed by atoms with van der Waals surface area (Å²) in [5, 5.41) is 4.75. The first-order valence-electron chi connectivity index (χ1n) is 9.47. The van der Waals surface area contributed by atoms with E-state index in [4.69, 9.17) is 4.74 Å². The second-order valence-corrected chi connectivity index (χ2v) is 6.99. The van der Waals surface area contributed by atoms with E-state index in [9.17, 15) is 14.4 Å². The van der Waals surface area contributed by atoms with Crippen molar-refractivity contribution in [2.75, 3.05) is 11.9 Å². The molecule has 29 heavy (non-hydrogen) atoms. The van der Waals surface area contributed by atoms with E-state index < -0.39 is 5.97 Å². The van der Waals surface area contributed by atoms with Gasteiger partial charge in [0, 0.05) is 17.7 Å². The normalized spacial score (nSPS) is 10.6. The van der Waals surface area contributed by atoms with Crippen molar-refractivity contribution < 1.29 is 19.1 Å². The minimum atomic E-state index is -0.575. The van der Waals surface area contributed by atoms with E-state index in [2.05, 4.69) is 5.32 Å². The van der Waals surface area contributed by atoms with Gasteiger partial charge in [-0.25, -0.2) is 0 Å². The highest BCUT2D eigenvalue weighted by Gasteiger charge is 2.12. The maximum atomic E-state index is 12.3. The molecule has 0 bridgehead atoms. The Morgan fingerprint density at radius 3 is 2.34 bits per heavy atom. The highest BCUT2D eigenvalue weighted by molar-refractivity contribution is 6.01. The van der Waals surface area contributed by atoms with Crippen molar-refractivity contribution in [2.24, 2.45) is 0 Å². The summed E-state index contributed by atoms with van der Waals surface area (Å²) < 4.78 is 5.04. The first kappa shape index (κ1) is 20.3. The quantitative estimate of drug-likeness (QED) is 0.473. The maximum absolute atomic E-state index is 12.3. The molecule has 0 fully saturated rings. The molecule has 0 aliphatic carbocycles. The predicted octanol–water partition coefficient (Wildman–Crippen LogP) is 4.60. The number of rotatable bonds is 7. The number of esters is 1. The van der Waals surface area contributed by atoms with Crippen molar-refractivity contribution >= 4 is 34.1 Å². The molecule has 0 spiro atoms. The summed E-state index contributed by atoms with van der Waals surface area (Å²) in [6.45, 7) is 3.63. The Kier molecular flexibility index (Phi) is 6.39. The van der Waals surface area contributed by atoms with Gasteiger partial charge in [0.05, 0.1) is 6.42 Å². The lowest BCUT2D eigenvalue weighted by Crippen LogP contribution is -2.17. The van der Waals surface area contributed by atoms with Gasteiger partial charge in [-0.05, 0) is 53.9 Å². The van der Waals surface area contributed by atoms with Crippen molar-refractivity contribution in [3.8, 4) is 0 Å². The van der Waals surface area contributed by atoms with Crippen LogP contribution < -0.4 is 5.32 Å². The van der Waals surface area contributed by atoms with Gasteiger partial charge in [-0.1, -0.05) is 42.5 Å². The molecule has 0 atom stereocenters. The fraction of sp³-hybridized carbons (Fsp3) is 0.208. The van der Waals surface area contributed by atoms with Crippen molar-refractivity contribution in [3.63, 3.8) is 0 Å². The molecule has 0 unspecified atom stereocenters. The molecule has 0 aliphatic rings. The third-order valence-corrected chi connectivity index (χ3v) is 4.78. The lowest BCUT2D eigenvalue weighted by atomic mass is 10.0. The predicted molar refractivity (Wildman–Crippen MR) is 113 cm³/mol. The molecule has 3 aromatic carbocycles. The number of carbonyl (C=O) groups is 3. The summed E-state index contributed by atoms with van der Waals surface area (Å²) >= 11 is 0. The smallest absolute Gasteiger partial charge is 0.306 e. The number of aryl methyl sites for hydroxylation is 2. The number of hydrogen-bond acceptors (Lipinski definition) is 4. The number of anilines is 1. The van der Waals surface area contributed by atoms with E-state index in [1.807, 2.05) is 62.4 Å². The molecule has 3 aromatic rings. The molecule has 1 amide bonds. The summed E-state index contributed by atoms with van der Waals surface area (Å²) in [4.78, 5) is 36.2. The molecule has 1 N–H and O–H groups in total. The molecular formula is C24H23NO4. The Balaban J connectivity index is 1.45. The average molecular weight is 389 g/mol. The second kappa shape index (κ2) is 9.15. The Morgan fingerprint density at radius 2 is 1.59 bits per heavy atom. The van der Waals surface area contributed by atoms with Crippen LogP contribution >= 0.6 is 0 Å². The van der Waals surface area contributed by atoms with Gasteiger partial charge in [-0.15, -0.1) is 0 Å². The monoisotopic (exact) mass is 389 g/mol. The van der Waals surface area contributed by atoms with Gasteiger partial charge in [-0.2, -0.15) is 0 Å². The Morgan fingerprint density at radius 1 is 0.828 bits per heavy atom. The van der Waals surface area contributed by atoms with Crippen LogP contribution in [0.15, 0.2) is 60.7 Å². The van der Waals surface area contributed by atoms with E-state index in [1.165, 1.54) is 0 Å². The molecule has 5 heteroatoms. The van der Waals surface area contributed by atoms with Crippen LogP contribution in [0.4, 0.5) is 5.69 Å². The number of hydrogen-bond donors (Lipinski definition) is 1. The SMILES string of the molecule is Cc1ccc(NC(=O)CCC(=O)OCC(=O)c2ccc3ccccc3c2)cc1C. The number of amides is 1. The molecule has 3 rings (SSSR count). The lowest BCUT2D eigenvalue weighted by molar-refractivity contribution is -0.143. The van der Waals surface area contributed by atoms with Crippen LogP contribution in [0.25, 0.3) is 10.8 Å². The minimum absolute atomic E-state index is 0.00405. The third-order valence-electron chi connectivity index (χ3n) is 4.78. The number of benzene rings is 3. The van der Waals surface area contributed by atoms with Crippen LogP contribution in [0.1, 0.15) is 34.3 Å². The maximum Gasteiger partial charge on any atom is 0.306 e. The number of fused-ring (bicyclic) bond motifs is 1. The van der Waals surface area contributed by atoms with Crippen LogP contribution in [0.2, 0.25) is 0 Å². The molecular weight excluding hydrogens is 366 g/mol. The Labute approximate surface area is 169 Å². The second-order valence-electron chi connectivity index (χ2n) is 6.99. The highest BCUT2D eigenvalue weighted by Crippen LogP contribution is 2.16. The van der Waals surface area contributed by atoms with Crippen LogP contribution in [0, 0.1) is 13.8 Å². The van der Waals surface area contributed by atoms with E-state index in [1.54, 1.807) is 12.1 Å². The van der Waals surface area contributed by atoms with E-state index >= 15 is 0 Å². The van der Waals surface area contributed by atoms with Gasteiger partial charge < -0.3 is 10.1 Å². The molecule has 0 saturated carbocycles. The number of nitrogens with one attached hydrogen (secondary N) is 1. The van der Waals surface area contributed by atoms with Gasteiger partial charge in [0.2, 0.25) is 5.91 Å². The number of ketones is 1. The van der Waals surface area contributed by atoms with E-state index in [-0.39, 0.29) is 31.1 Å². The van der Waals surface area contributed by atoms with Crippen LogP contribution in [-0.2, 0) is 14.3 Å². The minimum Gasteiger partial charge on any atom is -0.457 e. The molecule has 5 nitrogen and oxygen atoms in total. The topological polar surface area (TPSA) is 72.5 Å². The summed E-state index contributed by atoms with van der Waals surface area (Å²) in [5.74, 6) is -1.12. The zero-order valence-electron chi connectivity index (χ0n) is 16.5. The molecule has 0 heterocycles. The first-order chi connectivity index (χ1) is 13.9. The van der Waals surface area contributed by atoms with Crippen molar-refractivity contribution in [1.29, 1.82) is 0 Å². The Bertz CT molecular complexity index is 1070. The van der Waals surface area contributed by atoms with Crippen molar-refractivity contribution in [1.82, 2.24) is 0 Å². The summed E-state index contributed by atoms with van der Waals surface area (Å²) in [7, 11) is 0. The fourth-order valence-corrected chi connectivity index (χ4v) is 2.92. The highest BCUT2D eigenvalue weighted by atomic mass is 16.5. The molecule has 0 aliphatic heterocycles. The van der Waals surface area contributed by atoms with Crippen molar-refractivity contribution in [3.05, 3.63) is 77.4 Å². The lowest BCUT2D eigenvalue weighted by Gasteiger charge is -2.08. The molecule has 0 radical (unpaired) electrons. The molecule has 148 valence electrons. The van der Waals surface area contributed by atoms with E-state index in [0.717, 1.165) is 21.9 Å². The summed E-state index contributed by atoms with van der Waals surface area (Å²) in [6, 6.07) is 18.7. The Hall–Kier alpha value is -3.47. The zero-order valence-corrected chi connectivity index (χ0v) is 16.5. The van der Waals surface area contributed by atoms with Crippen LogP contribution in [-0.4, -0.2) is 24.3 Å². The van der Waals surface area contributed by atoms with Gasteiger partial charge in [0.1, 0.15) is 0 Å². The van der Waals surface area contributed by atoms with Crippen LogP contribution in [0.5, 0.6) is 0 Å². The summed E-state index contributed by atoms with van der Waals surface area (Å²) in [6.07, 6.45) is -0.0857. The van der Waals surface area contributed by atoms with Crippen LogP contribution in [0.3, 0.4) is 0 Å². The molecule has 0 aromatic heterocycles. The largest absolute Gasteiger partial charge is 0.457 e. The standard InChI is InChI=1S/C24H23NO4/c1-16-7-10-21(13-17(16)2)25-23(27)11-12-24(28)29-15-22(26)20-9-8-18-5-3-4-6-19(18)14-20/h3-10,13-14H,11-12,15H2,1-2H3,(H,25,27). The fourth-order valence-electron chi connectivity index (χ4n) is 2.92. The van der Waals surface area contributed by atoms with Gasteiger partial charge >= 0.3 is 5.97 Å². The number of ether oxygens (including phenoxy) is 1. The first-order valence-corrected chi connectivity index (χ1v) is 9.47. The third kappa shape index (κ3) is 5.51. The van der Waals surface area contributed by atoms with Gasteiger partial charge in [0.15, 0.2) is 12.4 Å². The van der Waals surface area contributed by atoms with Gasteiger partial charge in [0.25, 0.3) is 0 Å². The summed E-state index contributed by atoms with van der Waals surface area (Å²) in [5.41, 5.74) is 3.40. The average Bonchev–Trinajstić information content (AvgIpc) is 2.72. The van der Waals surface area contributed by atoms with E-state index in [0.29, 0.717) is 11.3 Å². The zero-order chi connectivity index (χ0) is 20.8. The number of carbonyl (C=O) groups excluding carboxylic acids is 3. The molecule has 0 saturated heterocycles. The van der Waals surface area contributed by atoms with Gasteiger partial charge in [-0.3, -0.25) is 14.4 Å². The number of Topliss-reactive ketones (excluding diaryl/α,β-unsaturated/α-hetero) is 1.